The normalized spacial score (nSPS) is 10.5. The molecule has 0 saturated carbocycles. The van der Waals surface area contributed by atoms with Crippen LogP contribution in [0, 0.1) is 0 Å². The van der Waals surface area contributed by atoms with E-state index >= 15 is 0 Å². The number of pyridine rings is 1. The van der Waals surface area contributed by atoms with E-state index < -0.39 is 0 Å². The number of aryl methyl sites for hydroxylation is 1. The Morgan fingerprint density at radius 2 is 2.07 bits per heavy atom. The highest BCUT2D eigenvalue weighted by atomic mass is 16.1. The zero-order valence-electron chi connectivity index (χ0n) is 8.63. The molecule has 0 aliphatic rings. The molecule has 4 nitrogen and oxygen atoms in total. The van der Waals surface area contributed by atoms with Gasteiger partial charge in [0.25, 0.3) is 0 Å². The molecule has 0 unspecified atom stereocenters. The minimum Gasteiger partial charge on any atom is -0.348 e. The zero-order chi connectivity index (χ0) is 10.7. The summed E-state index contributed by atoms with van der Waals surface area (Å²) in [6.45, 7) is 3.74. The summed E-state index contributed by atoms with van der Waals surface area (Å²) >= 11 is 0. The highest BCUT2D eigenvalue weighted by Crippen LogP contribution is 2.01. The Morgan fingerprint density at radius 1 is 1.33 bits per heavy atom. The van der Waals surface area contributed by atoms with E-state index in [0.29, 0.717) is 0 Å². The number of rotatable bonds is 3. The molecule has 2 aromatic heterocycles. The molecule has 0 atom stereocenters. The Kier molecular flexibility index (Phi) is 2.67. The topological polar surface area (TPSA) is 39.8 Å². The number of aromatic nitrogens is 3. The lowest BCUT2D eigenvalue weighted by molar-refractivity contribution is 0.666. The maximum absolute atomic E-state index is 10.9. The summed E-state index contributed by atoms with van der Waals surface area (Å²) < 4.78 is 4.04. The molecule has 0 radical (unpaired) electrons. The van der Waals surface area contributed by atoms with Gasteiger partial charge in [-0.05, 0) is 6.92 Å². The Labute approximate surface area is 87.8 Å². The molecule has 2 rings (SSSR count). The van der Waals surface area contributed by atoms with Crippen molar-refractivity contribution in [2.75, 3.05) is 0 Å². The lowest BCUT2D eigenvalue weighted by Crippen LogP contribution is -2.08. The monoisotopic (exact) mass is 203 g/mol. The van der Waals surface area contributed by atoms with E-state index in [9.17, 15) is 4.79 Å². The predicted molar refractivity (Wildman–Crippen MR) is 57.7 cm³/mol. The molecule has 0 N–H and O–H groups in total. The van der Waals surface area contributed by atoms with Crippen molar-refractivity contribution < 1.29 is 0 Å². The lowest BCUT2D eigenvalue weighted by atomic mass is 10.4. The number of hydrogen-bond acceptors (Lipinski definition) is 2. The molecule has 2 aromatic rings. The standard InChI is InChI=1S/C11H13N3O/c1-2-14-9-12-7-10(14)8-13-5-3-11(15)4-6-13/h3-7,9H,2,8H2,1H3. The van der Waals surface area contributed by atoms with Gasteiger partial charge in [0, 0.05) is 37.3 Å². The van der Waals surface area contributed by atoms with Gasteiger partial charge in [0.15, 0.2) is 5.43 Å². The van der Waals surface area contributed by atoms with Crippen LogP contribution in [0.3, 0.4) is 0 Å². The summed E-state index contributed by atoms with van der Waals surface area (Å²) in [5, 5.41) is 0. The van der Waals surface area contributed by atoms with Crippen molar-refractivity contribution in [1.82, 2.24) is 14.1 Å². The molecular formula is C11H13N3O. The second-order valence-electron chi connectivity index (χ2n) is 3.38. The van der Waals surface area contributed by atoms with Crippen molar-refractivity contribution in [2.24, 2.45) is 0 Å². The van der Waals surface area contributed by atoms with Crippen molar-refractivity contribution in [3.8, 4) is 0 Å². The van der Waals surface area contributed by atoms with Crippen molar-refractivity contribution in [3.63, 3.8) is 0 Å². The zero-order valence-corrected chi connectivity index (χ0v) is 8.63. The van der Waals surface area contributed by atoms with E-state index in [1.165, 1.54) is 0 Å². The van der Waals surface area contributed by atoms with E-state index in [-0.39, 0.29) is 5.43 Å². The summed E-state index contributed by atoms with van der Waals surface area (Å²) in [5.41, 5.74) is 1.18. The largest absolute Gasteiger partial charge is 0.348 e. The van der Waals surface area contributed by atoms with Crippen molar-refractivity contribution >= 4 is 0 Å². The molecule has 4 heteroatoms. The van der Waals surface area contributed by atoms with Crippen LogP contribution in [-0.2, 0) is 13.1 Å². The van der Waals surface area contributed by atoms with Gasteiger partial charge in [-0.3, -0.25) is 4.79 Å². The van der Waals surface area contributed by atoms with Gasteiger partial charge in [-0.2, -0.15) is 0 Å². The van der Waals surface area contributed by atoms with Crippen LogP contribution in [-0.4, -0.2) is 14.1 Å². The summed E-state index contributed by atoms with van der Waals surface area (Å²) in [6, 6.07) is 3.12. The molecule has 0 aromatic carbocycles. The molecule has 0 bridgehead atoms. The Balaban J connectivity index is 2.21. The van der Waals surface area contributed by atoms with Gasteiger partial charge in [-0.25, -0.2) is 4.98 Å². The van der Waals surface area contributed by atoms with Crippen LogP contribution >= 0.6 is 0 Å². The van der Waals surface area contributed by atoms with Crippen molar-refractivity contribution in [3.05, 3.63) is 53.0 Å². The third-order valence-corrected chi connectivity index (χ3v) is 2.34. The number of hydrogen-bond donors (Lipinski definition) is 0. The lowest BCUT2D eigenvalue weighted by Gasteiger charge is -2.07. The van der Waals surface area contributed by atoms with Gasteiger partial charge in [0.2, 0.25) is 0 Å². The van der Waals surface area contributed by atoms with E-state index in [4.69, 9.17) is 0 Å². The smallest absolute Gasteiger partial charge is 0.181 e. The molecular weight excluding hydrogens is 190 g/mol. The molecule has 0 saturated heterocycles. The molecule has 0 spiro atoms. The SMILES string of the molecule is CCn1cncc1Cn1ccc(=O)cc1. The highest BCUT2D eigenvalue weighted by Gasteiger charge is 1.99. The van der Waals surface area contributed by atoms with Gasteiger partial charge in [-0.1, -0.05) is 0 Å². The third-order valence-electron chi connectivity index (χ3n) is 2.34. The fourth-order valence-electron chi connectivity index (χ4n) is 1.50. The van der Waals surface area contributed by atoms with E-state index in [2.05, 4.69) is 16.5 Å². The van der Waals surface area contributed by atoms with Crippen LogP contribution in [0.15, 0.2) is 41.8 Å². The number of nitrogens with zero attached hydrogens (tertiary/aromatic N) is 3. The van der Waals surface area contributed by atoms with Gasteiger partial charge in [-0.15, -0.1) is 0 Å². The van der Waals surface area contributed by atoms with Crippen LogP contribution in [0.1, 0.15) is 12.6 Å². The fourth-order valence-corrected chi connectivity index (χ4v) is 1.50. The maximum Gasteiger partial charge on any atom is 0.181 e. The van der Waals surface area contributed by atoms with Crippen LogP contribution in [0.25, 0.3) is 0 Å². The first-order chi connectivity index (χ1) is 7.29. The first-order valence-electron chi connectivity index (χ1n) is 4.94. The summed E-state index contributed by atoms with van der Waals surface area (Å²) in [4.78, 5) is 15.0. The molecule has 0 fully saturated rings. The van der Waals surface area contributed by atoms with E-state index in [1.807, 2.05) is 17.1 Å². The van der Waals surface area contributed by atoms with Gasteiger partial charge < -0.3 is 9.13 Å². The summed E-state index contributed by atoms with van der Waals surface area (Å²) in [5.74, 6) is 0. The van der Waals surface area contributed by atoms with Crippen LogP contribution in [0.4, 0.5) is 0 Å². The molecule has 2 heterocycles. The molecule has 0 aliphatic carbocycles. The quantitative estimate of drug-likeness (QED) is 0.749. The highest BCUT2D eigenvalue weighted by molar-refractivity contribution is 5.02. The average molecular weight is 203 g/mol. The Hall–Kier alpha value is -1.84. The molecule has 15 heavy (non-hydrogen) atoms. The van der Waals surface area contributed by atoms with Crippen LogP contribution < -0.4 is 5.43 Å². The van der Waals surface area contributed by atoms with Gasteiger partial charge in [0.05, 0.1) is 18.6 Å². The Morgan fingerprint density at radius 3 is 2.73 bits per heavy atom. The average Bonchev–Trinajstić information content (AvgIpc) is 2.69. The summed E-state index contributed by atoms with van der Waals surface area (Å²) in [6.07, 6.45) is 7.24. The van der Waals surface area contributed by atoms with Gasteiger partial charge in [0.1, 0.15) is 0 Å². The minimum atomic E-state index is 0.0373. The van der Waals surface area contributed by atoms with Crippen LogP contribution in [0.5, 0.6) is 0 Å². The maximum atomic E-state index is 10.9. The second-order valence-corrected chi connectivity index (χ2v) is 3.38. The predicted octanol–water partition coefficient (Wildman–Crippen LogP) is 1.11. The third kappa shape index (κ3) is 2.15. The molecule has 0 amide bonds. The fraction of sp³-hybridized carbons (Fsp3) is 0.273. The minimum absolute atomic E-state index is 0.0373. The first kappa shape index (κ1) is 9.71. The Bertz CT molecular complexity index is 478. The van der Waals surface area contributed by atoms with Gasteiger partial charge >= 0.3 is 0 Å². The van der Waals surface area contributed by atoms with E-state index in [1.54, 1.807) is 24.5 Å². The molecule has 78 valence electrons. The van der Waals surface area contributed by atoms with E-state index in [0.717, 1.165) is 18.8 Å². The van der Waals surface area contributed by atoms with Crippen LogP contribution in [0.2, 0.25) is 0 Å². The molecule has 0 aliphatic heterocycles. The van der Waals surface area contributed by atoms with Crippen molar-refractivity contribution in [1.29, 1.82) is 0 Å². The first-order valence-corrected chi connectivity index (χ1v) is 4.94. The van der Waals surface area contributed by atoms with Crippen molar-refractivity contribution in [2.45, 2.75) is 20.0 Å². The summed E-state index contributed by atoms with van der Waals surface area (Å²) in [7, 11) is 0. The second kappa shape index (κ2) is 4.13. The number of imidazole rings is 1.